The van der Waals surface area contributed by atoms with Crippen LogP contribution in [0.2, 0.25) is 0 Å². The fourth-order valence-electron chi connectivity index (χ4n) is 3.28. The molecular formula is C17H14F3N5O. The Kier molecular flexibility index (Phi) is 3.78. The standard InChI is InChI=1S/C17H14F3N5O/c18-12-6-9(5-10-3-8(4-13(19)20)7-22-14(10)12)11-1-2-25-15(11)16(26)23-17(21)24-25/h1-2,5-8,13H,3-4H2,(H3,21,23,24,26). The van der Waals surface area contributed by atoms with E-state index < -0.39 is 23.7 Å². The molecule has 0 spiro atoms. The number of nitrogens with two attached hydrogens (primary N) is 1. The molecule has 1 aliphatic rings. The molecule has 1 aromatic carbocycles. The average molecular weight is 361 g/mol. The molecular weight excluding hydrogens is 347 g/mol. The molecule has 6 nitrogen and oxygen atoms in total. The number of nitrogens with zero attached hydrogens (tertiary/aromatic N) is 3. The molecule has 0 amide bonds. The van der Waals surface area contributed by atoms with Crippen LogP contribution in [0, 0.1) is 11.7 Å². The van der Waals surface area contributed by atoms with Gasteiger partial charge in [-0.15, -0.1) is 5.10 Å². The minimum atomic E-state index is -2.45. The summed E-state index contributed by atoms with van der Waals surface area (Å²) >= 11 is 0. The molecule has 0 aliphatic carbocycles. The fourth-order valence-corrected chi connectivity index (χ4v) is 3.28. The monoisotopic (exact) mass is 361 g/mol. The van der Waals surface area contributed by atoms with Crippen molar-refractivity contribution in [3.63, 3.8) is 0 Å². The molecule has 4 rings (SSSR count). The third kappa shape index (κ3) is 2.75. The largest absolute Gasteiger partial charge is 0.368 e. The highest BCUT2D eigenvalue weighted by Crippen LogP contribution is 2.36. The SMILES string of the molecule is Nc1nn2ccc(-c3cc(F)c4c(c3)CC(CC(F)F)C=N4)c2c(=O)[nH]1. The second kappa shape index (κ2) is 6.01. The number of halogens is 3. The van der Waals surface area contributed by atoms with Gasteiger partial charge in [-0.2, -0.15) is 0 Å². The van der Waals surface area contributed by atoms with Crippen molar-refractivity contribution in [3.8, 4) is 11.1 Å². The number of hydrogen-bond acceptors (Lipinski definition) is 4. The molecule has 26 heavy (non-hydrogen) atoms. The Labute approximate surface area is 145 Å². The Bertz CT molecular complexity index is 1090. The van der Waals surface area contributed by atoms with E-state index in [0.29, 0.717) is 16.7 Å². The molecule has 0 fully saturated rings. The molecule has 1 unspecified atom stereocenters. The van der Waals surface area contributed by atoms with Gasteiger partial charge in [-0.05, 0) is 35.7 Å². The van der Waals surface area contributed by atoms with Crippen LogP contribution in [0.3, 0.4) is 0 Å². The van der Waals surface area contributed by atoms with Crippen LogP contribution in [0.15, 0.2) is 34.2 Å². The molecule has 2 aromatic heterocycles. The van der Waals surface area contributed by atoms with Gasteiger partial charge < -0.3 is 5.73 Å². The van der Waals surface area contributed by atoms with Crippen molar-refractivity contribution in [3.05, 3.63) is 46.1 Å². The van der Waals surface area contributed by atoms with E-state index in [1.165, 1.54) is 16.8 Å². The van der Waals surface area contributed by atoms with Crippen LogP contribution >= 0.6 is 0 Å². The molecule has 134 valence electrons. The molecule has 1 aliphatic heterocycles. The van der Waals surface area contributed by atoms with Crippen molar-refractivity contribution in [2.45, 2.75) is 19.3 Å². The summed E-state index contributed by atoms with van der Waals surface area (Å²) in [5.41, 5.74) is 6.90. The van der Waals surface area contributed by atoms with Crippen LogP contribution in [-0.2, 0) is 6.42 Å². The normalized spacial score (nSPS) is 16.4. The van der Waals surface area contributed by atoms with Gasteiger partial charge >= 0.3 is 0 Å². The first-order valence-corrected chi connectivity index (χ1v) is 7.94. The van der Waals surface area contributed by atoms with E-state index in [0.717, 1.165) is 0 Å². The Morgan fingerprint density at radius 2 is 2.19 bits per heavy atom. The van der Waals surface area contributed by atoms with Gasteiger partial charge in [0, 0.05) is 30.3 Å². The van der Waals surface area contributed by atoms with Gasteiger partial charge in [-0.1, -0.05) is 0 Å². The Hall–Kier alpha value is -3.10. The number of aliphatic imine (C=N–C) groups is 1. The lowest BCUT2D eigenvalue weighted by Gasteiger charge is -2.19. The lowest BCUT2D eigenvalue weighted by molar-refractivity contribution is 0.126. The number of aromatic nitrogens is 3. The third-order valence-electron chi connectivity index (χ3n) is 4.37. The highest BCUT2D eigenvalue weighted by atomic mass is 19.3. The van der Waals surface area contributed by atoms with Crippen LogP contribution in [0.1, 0.15) is 12.0 Å². The van der Waals surface area contributed by atoms with E-state index in [2.05, 4.69) is 15.1 Å². The molecule has 0 radical (unpaired) electrons. The molecule has 3 heterocycles. The lowest BCUT2D eigenvalue weighted by Crippen LogP contribution is -2.15. The lowest BCUT2D eigenvalue weighted by atomic mass is 9.91. The van der Waals surface area contributed by atoms with E-state index >= 15 is 0 Å². The van der Waals surface area contributed by atoms with Gasteiger partial charge in [-0.25, -0.2) is 17.7 Å². The number of nitrogen functional groups attached to an aromatic ring is 1. The zero-order valence-corrected chi connectivity index (χ0v) is 13.4. The molecule has 9 heteroatoms. The third-order valence-corrected chi connectivity index (χ3v) is 4.37. The van der Waals surface area contributed by atoms with E-state index in [9.17, 15) is 18.0 Å². The number of nitrogens with one attached hydrogen (secondary N) is 1. The Morgan fingerprint density at radius 1 is 1.38 bits per heavy atom. The summed E-state index contributed by atoms with van der Waals surface area (Å²) in [6.45, 7) is 0. The number of hydrogen-bond donors (Lipinski definition) is 2. The first kappa shape index (κ1) is 16.4. The van der Waals surface area contributed by atoms with Crippen molar-refractivity contribution in [1.82, 2.24) is 14.6 Å². The van der Waals surface area contributed by atoms with Gasteiger partial charge in [0.1, 0.15) is 17.0 Å². The quantitative estimate of drug-likeness (QED) is 0.752. The summed E-state index contributed by atoms with van der Waals surface area (Å²) in [5, 5.41) is 3.98. The molecule has 0 saturated heterocycles. The molecule has 3 aromatic rings. The smallest absolute Gasteiger partial charge is 0.277 e. The number of benzene rings is 1. The zero-order chi connectivity index (χ0) is 18.4. The summed E-state index contributed by atoms with van der Waals surface area (Å²) in [5.74, 6) is -1.05. The number of fused-ring (bicyclic) bond motifs is 2. The Balaban J connectivity index is 1.82. The summed E-state index contributed by atoms with van der Waals surface area (Å²) in [6.07, 6.45) is 0.411. The zero-order valence-electron chi connectivity index (χ0n) is 13.4. The van der Waals surface area contributed by atoms with Crippen LogP contribution in [0.4, 0.5) is 24.8 Å². The predicted molar refractivity (Wildman–Crippen MR) is 91.6 cm³/mol. The van der Waals surface area contributed by atoms with Crippen LogP contribution in [0.5, 0.6) is 0 Å². The average Bonchev–Trinajstić information content (AvgIpc) is 2.98. The van der Waals surface area contributed by atoms with Crippen molar-refractivity contribution >= 4 is 23.4 Å². The minimum Gasteiger partial charge on any atom is -0.368 e. The van der Waals surface area contributed by atoms with Crippen molar-refractivity contribution in [2.24, 2.45) is 10.9 Å². The van der Waals surface area contributed by atoms with Crippen LogP contribution in [0.25, 0.3) is 16.6 Å². The van der Waals surface area contributed by atoms with Crippen molar-refractivity contribution < 1.29 is 13.2 Å². The summed E-state index contributed by atoms with van der Waals surface area (Å²) in [6, 6.07) is 4.58. The number of anilines is 1. The van der Waals surface area contributed by atoms with E-state index in [4.69, 9.17) is 5.73 Å². The fraction of sp³-hybridized carbons (Fsp3) is 0.235. The minimum absolute atomic E-state index is 0.0366. The molecule has 3 N–H and O–H groups in total. The Morgan fingerprint density at radius 3 is 2.96 bits per heavy atom. The summed E-state index contributed by atoms with van der Waals surface area (Å²) < 4.78 is 41.1. The first-order chi connectivity index (χ1) is 12.4. The van der Waals surface area contributed by atoms with Gasteiger partial charge in [0.15, 0.2) is 0 Å². The first-order valence-electron chi connectivity index (χ1n) is 7.94. The second-order valence-corrected chi connectivity index (χ2v) is 6.20. The summed E-state index contributed by atoms with van der Waals surface area (Å²) in [7, 11) is 0. The van der Waals surface area contributed by atoms with E-state index in [1.54, 1.807) is 18.3 Å². The maximum atomic E-state index is 14.5. The number of H-pyrrole nitrogens is 1. The molecule has 1 atom stereocenters. The van der Waals surface area contributed by atoms with Gasteiger partial charge in [0.25, 0.3) is 5.56 Å². The van der Waals surface area contributed by atoms with E-state index in [-0.39, 0.29) is 30.0 Å². The van der Waals surface area contributed by atoms with Crippen molar-refractivity contribution in [1.29, 1.82) is 0 Å². The molecule has 0 bridgehead atoms. The number of alkyl halides is 2. The number of aromatic amines is 1. The maximum absolute atomic E-state index is 14.5. The topological polar surface area (TPSA) is 88.5 Å². The highest BCUT2D eigenvalue weighted by Gasteiger charge is 2.23. The highest BCUT2D eigenvalue weighted by molar-refractivity contribution is 5.83. The number of rotatable bonds is 3. The van der Waals surface area contributed by atoms with E-state index in [1.807, 2.05) is 0 Å². The van der Waals surface area contributed by atoms with Gasteiger partial charge in [0.05, 0.1) is 0 Å². The van der Waals surface area contributed by atoms with Crippen LogP contribution < -0.4 is 11.3 Å². The van der Waals surface area contributed by atoms with Gasteiger partial charge in [-0.3, -0.25) is 14.8 Å². The van der Waals surface area contributed by atoms with Crippen molar-refractivity contribution in [2.75, 3.05) is 5.73 Å². The predicted octanol–water partition coefficient (Wildman–Crippen LogP) is 2.94. The second-order valence-electron chi connectivity index (χ2n) is 6.20. The summed E-state index contributed by atoms with van der Waals surface area (Å²) in [4.78, 5) is 18.6. The molecule has 0 saturated carbocycles. The maximum Gasteiger partial charge on any atom is 0.277 e. The van der Waals surface area contributed by atoms with Gasteiger partial charge in [0.2, 0.25) is 12.4 Å². The van der Waals surface area contributed by atoms with Crippen LogP contribution in [-0.4, -0.2) is 27.2 Å².